The summed E-state index contributed by atoms with van der Waals surface area (Å²) in [5.41, 5.74) is -1.000. The van der Waals surface area contributed by atoms with E-state index in [4.69, 9.17) is 4.74 Å². The quantitative estimate of drug-likeness (QED) is 0.656. The molecule has 8 heteroatoms. The van der Waals surface area contributed by atoms with Crippen LogP contribution in [0.15, 0.2) is 24.5 Å². The molecule has 4 fully saturated rings. The number of pyridine rings is 1. The van der Waals surface area contributed by atoms with Gasteiger partial charge in [0.25, 0.3) is 0 Å². The topological polar surface area (TPSA) is 72.7 Å². The molecule has 1 amide bonds. The molecule has 33 heavy (non-hydrogen) atoms. The summed E-state index contributed by atoms with van der Waals surface area (Å²) in [5, 5.41) is 9.96. The average Bonchev–Trinajstić information content (AvgIpc) is 2.86. The Hall–Kier alpha value is -2.08. The first-order valence-electron chi connectivity index (χ1n) is 12.3. The van der Waals surface area contributed by atoms with Gasteiger partial charge in [-0.3, -0.25) is 19.6 Å². The molecule has 0 saturated carbocycles. The van der Waals surface area contributed by atoms with Gasteiger partial charge < -0.3 is 9.64 Å². The molecule has 4 aliphatic rings. The molecule has 178 valence electrons. The maximum Gasteiger partial charge on any atom is 0.243 e. The summed E-state index contributed by atoms with van der Waals surface area (Å²) in [7, 11) is 0. The lowest BCUT2D eigenvalue weighted by Gasteiger charge is -2.53. The number of halogens is 1. The number of hydrogen-bond acceptors (Lipinski definition) is 6. The normalized spacial score (nSPS) is 29.2. The van der Waals surface area contributed by atoms with E-state index < -0.39 is 11.1 Å². The molecule has 0 spiro atoms. The lowest BCUT2D eigenvalue weighted by atomic mass is 9.77. The Morgan fingerprint density at radius 1 is 1.12 bits per heavy atom. The van der Waals surface area contributed by atoms with E-state index in [1.165, 1.54) is 12.0 Å². The van der Waals surface area contributed by atoms with E-state index >= 15 is 4.39 Å². The highest BCUT2D eigenvalue weighted by molar-refractivity contribution is 5.85. The lowest BCUT2D eigenvalue weighted by molar-refractivity contribution is -0.145. The molecule has 2 atom stereocenters. The monoisotopic (exact) mass is 455 g/mol. The van der Waals surface area contributed by atoms with Gasteiger partial charge in [-0.2, -0.15) is 5.26 Å². The molecule has 4 aliphatic heterocycles. The summed E-state index contributed by atoms with van der Waals surface area (Å²) in [6.45, 7) is 5.37. The first-order chi connectivity index (χ1) is 16.0. The van der Waals surface area contributed by atoms with Crippen LogP contribution in [0.1, 0.15) is 44.1 Å². The van der Waals surface area contributed by atoms with Gasteiger partial charge in [-0.25, -0.2) is 4.39 Å². The summed E-state index contributed by atoms with van der Waals surface area (Å²) in [4.78, 5) is 23.9. The fourth-order valence-electron chi connectivity index (χ4n) is 5.98. The predicted molar refractivity (Wildman–Crippen MR) is 121 cm³/mol. The van der Waals surface area contributed by atoms with E-state index in [2.05, 4.69) is 20.9 Å². The third-order valence-corrected chi connectivity index (χ3v) is 8.36. The van der Waals surface area contributed by atoms with Gasteiger partial charge in [0.05, 0.1) is 19.3 Å². The van der Waals surface area contributed by atoms with E-state index in [9.17, 15) is 10.1 Å². The van der Waals surface area contributed by atoms with Crippen molar-refractivity contribution < 1.29 is 13.9 Å². The van der Waals surface area contributed by atoms with Gasteiger partial charge in [0.15, 0.2) is 0 Å². The molecule has 0 aromatic carbocycles. The molecule has 2 bridgehead atoms. The van der Waals surface area contributed by atoms with Crippen molar-refractivity contribution in [1.29, 1.82) is 5.26 Å². The van der Waals surface area contributed by atoms with Crippen LogP contribution in [-0.2, 0) is 16.1 Å². The Morgan fingerprint density at radius 3 is 2.39 bits per heavy atom. The highest BCUT2D eigenvalue weighted by Gasteiger charge is 2.47. The van der Waals surface area contributed by atoms with Crippen LogP contribution in [0.25, 0.3) is 0 Å². The SMILES string of the molecule is N#CC1(C(=O)N2CCC(F)(CCN3C4COCC3C4)CC2)CCN(Cc2ccncc2)CC1. The zero-order chi connectivity index (χ0) is 22.9. The molecule has 2 unspecified atom stereocenters. The van der Waals surface area contributed by atoms with Gasteiger partial charge in [-0.05, 0) is 56.2 Å². The number of ether oxygens (including phenoxy) is 1. The Kier molecular flexibility index (Phi) is 6.39. The zero-order valence-electron chi connectivity index (χ0n) is 19.3. The maximum atomic E-state index is 15.5. The molecule has 1 aromatic rings. The number of alkyl halides is 1. The smallest absolute Gasteiger partial charge is 0.243 e. The number of likely N-dealkylation sites (tertiary alicyclic amines) is 2. The Balaban J connectivity index is 1.11. The fourth-order valence-corrected chi connectivity index (χ4v) is 5.98. The number of rotatable bonds is 6. The second-order valence-electron chi connectivity index (χ2n) is 10.3. The van der Waals surface area contributed by atoms with Crippen molar-refractivity contribution in [3.05, 3.63) is 30.1 Å². The molecule has 0 aliphatic carbocycles. The van der Waals surface area contributed by atoms with Crippen molar-refractivity contribution >= 4 is 5.91 Å². The molecule has 5 rings (SSSR count). The van der Waals surface area contributed by atoms with Crippen LogP contribution in [0.5, 0.6) is 0 Å². The van der Waals surface area contributed by atoms with E-state index in [-0.39, 0.29) is 5.91 Å². The number of aromatic nitrogens is 1. The number of nitriles is 1. The van der Waals surface area contributed by atoms with Gasteiger partial charge in [-0.1, -0.05) is 0 Å². The van der Waals surface area contributed by atoms with Gasteiger partial charge in [0, 0.05) is 63.7 Å². The van der Waals surface area contributed by atoms with Gasteiger partial charge in [0.2, 0.25) is 5.91 Å². The number of morpholine rings is 1. The van der Waals surface area contributed by atoms with Crippen LogP contribution < -0.4 is 0 Å². The second-order valence-corrected chi connectivity index (χ2v) is 10.3. The third-order valence-electron chi connectivity index (χ3n) is 8.36. The van der Waals surface area contributed by atoms with Crippen LogP contribution >= 0.6 is 0 Å². The average molecular weight is 456 g/mol. The molecule has 5 heterocycles. The van der Waals surface area contributed by atoms with Crippen molar-refractivity contribution in [2.75, 3.05) is 45.9 Å². The van der Waals surface area contributed by atoms with Crippen molar-refractivity contribution in [3.8, 4) is 6.07 Å². The van der Waals surface area contributed by atoms with Gasteiger partial charge in [-0.15, -0.1) is 0 Å². The molecule has 1 aromatic heterocycles. The highest BCUT2D eigenvalue weighted by atomic mass is 19.1. The Labute approximate surface area is 195 Å². The minimum absolute atomic E-state index is 0.0926. The van der Waals surface area contributed by atoms with Crippen LogP contribution in [0.3, 0.4) is 0 Å². The first-order valence-corrected chi connectivity index (χ1v) is 12.3. The van der Waals surface area contributed by atoms with Crippen molar-refractivity contribution in [2.45, 2.75) is 62.8 Å². The van der Waals surface area contributed by atoms with E-state index in [1.54, 1.807) is 17.3 Å². The predicted octanol–water partition coefficient (Wildman–Crippen LogP) is 2.38. The van der Waals surface area contributed by atoms with E-state index in [0.29, 0.717) is 70.4 Å². The van der Waals surface area contributed by atoms with E-state index in [1.807, 2.05) is 12.1 Å². The zero-order valence-corrected chi connectivity index (χ0v) is 19.3. The molecular weight excluding hydrogens is 421 g/mol. The van der Waals surface area contributed by atoms with Crippen LogP contribution in [-0.4, -0.2) is 89.3 Å². The fraction of sp³-hybridized carbons (Fsp3) is 0.720. The minimum Gasteiger partial charge on any atom is -0.378 e. The third kappa shape index (κ3) is 4.64. The van der Waals surface area contributed by atoms with Crippen molar-refractivity contribution in [2.24, 2.45) is 5.41 Å². The highest BCUT2D eigenvalue weighted by Crippen LogP contribution is 2.38. The van der Waals surface area contributed by atoms with Crippen molar-refractivity contribution in [3.63, 3.8) is 0 Å². The van der Waals surface area contributed by atoms with Crippen molar-refractivity contribution in [1.82, 2.24) is 19.7 Å². The van der Waals surface area contributed by atoms with Gasteiger partial charge >= 0.3 is 0 Å². The molecular formula is C25H34FN5O2. The summed E-state index contributed by atoms with van der Waals surface area (Å²) in [5.74, 6) is -0.0926. The number of hydrogen-bond donors (Lipinski definition) is 0. The summed E-state index contributed by atoms with van der Waals surface area (Å²) in [6.07, 6.45) is 7.07. The molecule has 7 nitrogen and oxygen atoms in total. The van der Waals surface area contributed by atoms with E-state index in [0.717, 1.165) is 26.3 Å². The maximum absolute atomic E-state index is 15.5. The largest absolute Gasteiger partial charge is 0.378 e. The number of carbonyl (C=O) groups is 1. The molecule has 0 N–H and O–H groups in total. The van der Waals surface area contributed by atoms with Crippen LogP contribution in [0.2, 0.25) is 0 Å². The number of nitrogens with zero attached hydrogens (tertiary/aromatic N) is 5. The minimum atomic E-state index is -1.21. The van der Waals surface area contributed by atoms with Crippen LogP contribution in [0.4, 0.5) is 4.39 Å². The second kappa shape index (κ2) is 9.28. The standard InChI is InChI=1S/C25H34FN5O2/c26-25(7-14-31-21-15-22(31)18-33-17-21)5-12-30(13-6-25)23(32)24(19-27)3-10-29(11-4-24)16-20-1-8-28-9-2-20/h1-2,8-9,21-22H,3-7,10-18H2. The molecule has 0 radical (unpaired) electrons. The summed E-state index contributed by atoms with van der Waals surface area (Å²) < 4.78 is 21.0. The number of amides is 1. The first kappa shape index (κ1) is 22.7. The Morgan fingerprint density at radius 2 is 1.79 bits per heavy atom. The molecule has 4 saturated heterocycles. The number of piperidine rings is 2. The van der Waals surface area contributed by atoms with Crippen LogP contribution in [0, 0.1) is 16.7 Å². The summed E-state index contributed by atoms with van der Waals surface area (Å²) in [6, 6.07) is 7.28. The lowest BCUT2D eigenvalue weighted by Crippen LogP contribution is -2.64. The number of fused-ring (bicyclic) bond motifs is 2. The van der Waals surface area contributed by atoms with Gasteiger partial charge in [0.1, 0.15) is 11.1 Å². The number of carbonyl (C=O) groups excluding carboxylic acids is 1. The Bertz CT molecular complexity index is 861. The summed E-state index contributed by atoms with van der Waals surface area (Å²) >= 11 is 0.